The highest BCUT2D eigenvalue weighted by Crippen LogP contribution is 2.31. The van der Waals surface area contributed by atoms with Crippen LogP contribution in [-0.4, -0.2) is 58.7 Å². The molecule has 0 saturated carbocycles. The van der Waals surface area contributed by atoms with Crippen molar-refractivity contribution in [3.05, 3.63) is 36.3 Å². The van der Waals surface area contributed by atoms with Crippen LogP contribution in [0.5, 0.6) is 0 Å². The number of pyridine rings is 1. The fraction of sp³-hybridized carbons (Fsp3) is 0.471. The Morgan fingerprint density at radius 3 is 2.65 bits per heavy atom. The van der Waals surface area contributed by atoms with Gasteiger partial charge < -0.3 is 15.0 Å². The van der Waals surface area contributed by atoms with Gasteiger partial charge in [-0.05, 0) is 26.1 Å². The summed E-state index contributed by atoms with van der Waals surface area (Å²) in [4.78, 5) is 13.9. The van der Waals surface area contributed by atoms with E-state index in [0.717, 1.165) is 12.6 Å². The van der Waals surface area contributed by atoms with E-state index in [0.29, 0.717) is 18.7 Å². The first-order valence-electron chi connectivity index (χ1n) is 8.26. The molecule has 2 unspecified atom stereocenters. The Labute approximate surface area is 149 Å². The van der Waals surface area contributed by atoms with Gasteiger partial charge in [0.15, 0.2) is 11.5 Å². The molecule has 2 aromatic rings. The van der Waals surface area contributed by atoms with Gasteiger partial charge in [-0.25, -0.2) is 9.97 Å². The second-order valence-electron chi connectivity index (χ2n) is 6.30. The lowest BCUT2D eigenvalue weighted by molar-refractivity contribution is -0.141. The van der Waals surface area contributed by atoms with Gasteiger partial charge in [0.25, 0.3) is 0 Å². The summed E-state index contributed by atoms with van der Waals surface area (Å²) in [6, 6.07) is 3.86. The number of hydrogen-bond acceptors (Lipinski definition) is 6. The fourth-order valence-electron chi connectivity index (χ4n) is 2.74. The molecule has 0 radical (unpaired) electrons. The van der Waals surface area contributed by atoms with E-state index in [1.165, 1.54) is 12.4 Å². The summed E-state index contributed by atoms with van der Waals surface area (Å²) in [5.41, 5.74) is -0.522. The minimum absolute atomic E-state index is 0.00129. The first-order chi connectivity index (χ1) is 12.3. The summed E-state index contributed by atoms with van der Waals surface area (Å²) in [5, 5.41) is 3.04. The molecule has 26 heavy (non-hydrogen) atoms. The van der Waals surface area contributed by atoms with Crippen molar-refractivity contribution in [2.75, 3.05) is 32.1 Å². The van der Waals surface area contributed by atoms with Crippen LogP contribution < -0.4 is 5.32 Å². The number of hydrogen-bond donors (Lipinski definition) is 1. The van der Waals surface area contributed by atoms with Crippen LogP contribution in [0.3, 0.4) is 0 Å². The minimum Gasteiger partial charge on any atom is -0.373 e. The number of likely N-dealkylation sites (N-methyl/N-ethyl adjacent to an activating group) is 1. The lowest BCUT2D eigenvalue weighted by Gasteiger charge is -2.34. The van der Waals surface area contributed by atoms with Gasteiger partial charge in [-0.3, -0.25) is 4.98 Å². The van der Waals surface area contributed by atoms with E-state index in [2.05, 4.69) is 25.2 Å². The summed E-state index contributed by atoms with van der Waals surface area (Å²) in [5.74, 6) is 0.113. The van der Waals surface area contributed by atoms with Crippen molar-refractivity contribution in [2.24, 2.45) is 0 Å². The Bertz CT molecular complexity index is 741. The average Bonchev–Trinajstić information content (AvgIpc) is 2.61. The molecule has 0 amide bonds. The Kier molecular flexibility index (Phi) is 5.38. The van der Waals surface area contributed by atoms with E-state index >= 15 is 0 Å². The van der Waals surface area contributed by atoms with Gasteiger partial charge in [-0.15, -0.1) is 0 Å². The molecule has 1 saturated heterocycles. The third kappa shape index (κ3) is 4.47. The van der Waals surface area contributed by atoms with Crippen molar-refractivity contribution in [1.29, 1.82) is 0 Å². The molecule has 2 aromatic heterocycles. The Morgan fingerprint density at radius 1 is 1.27 bits per heavy atom. The highest BCUT2D eigenvalue weighted by atomic mass is 19.4. The highest BCUT2D eigenvalue weighted by Gasteiger charge is 2.34. The summed E-state index contributed by atoms with van der Waals surface area (Å²) in [6.45, 7) is 3.99. The number of ether oxygens (including phenoxy) is 1. The summed E-state index contributed by atoms with van der Waals surface area (Å²) < 4.78 is 45.5. The Balaban J connectivity index is 1.88. The Hall–Kier alpha value is -2.26. The number of alkyl halides is 3. The van der Waals surface area contributed by atoms with Crippen molar-refractivity contribution in [3.8, 4) is 11.4 Å². The van der Waals surface area contributed by atoms with E-state index in [9.17, 15) is 13.2 Å². The topological polar surface area (TPSA) is 63.2 Å². The molecule has 3 rings (SSSR count). The van der Waals surface area contributed by atoms with E-state index in [1.54, 1.807) is 12.1 Å². The predicted octanol–water partition coefficient (Wildman–Crippen LogP) is 2.69. The van der Waals surface area contributed by atoms with Gasteiger partial charge in [0.2, 0.25) is 0 Å². The number of rotatable bonds is 4. The van der Waals surface area contributed by atoms with Crippen molar-refractivity contribution in [3.63, 3.8) is 0 Å². The second kappa shape index (κ2) is 7.55. The monoisotopic (exact) mass is 367 g/mol. The van der Waals surface area contributed by atoms with E-state index in [1.807, 2.05) is 14.0 Å². The van der Waals surface area contributed by atoms with Gasteiger partial charge in [0.05, 0.1) is 18.8 Å². The van der Waals surface area contributed by atoms with Crippen molar-refractivity contribution < 1.29 is 17.9 Å². The summed E-state index contributed by atoms with van der Waals surface area (Å²) in [7, 11) is 1.98. The first kappa shape index (κ1) is 18.5. The summed E-state index contributed by atoms with van der Waals surface area (Å²) in [6.07, 6.45) is -1.73. The van der Waals surface area contributed by atoms with E-state index in [-0.39, 0.29) is 23.8 Å². The standard InChI is InChI=1S/C17H20F3N5O/c1-11(13-10-25(2)7-8-26-13)22-15-9-14(17(18,19)20)23-16(24-15)12-3-5-21-6-4-12/h3-6,9,11,13H,7-8,10H2,1-2H3,(H,22,23,24). The molecule has 1 N–H and O–H groups in total. The van der Waals surface area contributed by atoms with E-state index in [4.69, 9.17) is 4.74 Å². The molecular weight excluding hydrogens is 347 g/mol. The van der Waals surface area contributed by atoms with Crippen LogP contribution in [-0.2, 0) is 10.9 Å². The quantitative estimate of drug-likeness (QED) is 0.897. The maximum absolute atomic E-state index is 13.2. The molecule has 0 aromatic carbocycles. The zero-order chi connectivity index (χ0) is 18.7. The third-order valence-corrected chi connectivity index (χ3v) is 4.18. The first-order valence-corrected chi connectivity index (χ1v) is 8.26. The van der Waals surface area contributed by atoms with Crippen LogP contribution in [0.4, 0.5) is 19.0 Å². The maximum Gasteiger partial charge on any atom is 0.433 e. The Morgan fingerprint density at radius 2 is 2.00 bits per heavy atom. The van der Waals surface area contributed by atoms with Crippen LogP contribution in [0.2, 0.25) is 0 Å². The van der Waals surface area contributed by atoms with Gasteiger partial charge in [-0.1, -0.05) is 0 Å². The minimum atomic E-state index is -4.56. The highest BCUT2D eigenvalue weighted by molar-refractivity contribution is 5.57. The molecule has 1 aliphatic heterocycles. The van der Waals surface area contributed by atoms with Gasteiger partial charge in [0.1, 0.15) is 5.82 Å². The smallest absolute Gasteiger partial charge is 0.373 e. The van der Waals surface area contributed by atoms with Gasteiger partial charge in [-0.2, -0.15) is 13.2 Å². The molecule has 0 spiro atoms. The van der Waals surface area contributed by atoms with Crippen molar-refractivity contribution >= 4 is 5.82 Å². The number of morpholine rings is 1. The molecule has 0 aliphatic carbocycles. The molecule has 2 atom stereocenters. The van der Waals surface area contributed by atoms with Crippen LogP contribution in [0.25, 0.3) is 11.4 Å². The normalized spacial score (nSPS) is 20.0. The third-order valence-electron chi connectivity index (χ3n) is 4.18. The van der Waals surface area contributed by atoms with Crippen molar-refractivity contribution in [2.45, 2.75) is 25.2 Å². The molecule has 9 heteroatoms. The van der Waals surface area contributed by atoms with Crippen LogP contribution in [0.15, 0.2) is 30.6 Å². The van der Waals surface area contributed by atoms with Crippen LogP contribution >= 0.6 is 0 Å². The molecule has 1 aliphatic rings. The molecular formula is C17H20F3N5O. The average molecular weight is 367 g/mol. The van der Waals surface area contributed by atoms with Gasteiger partial charge in [0, 0.05) is 37.1 Å². The lowest BCUT2D eigenvalue weighted by Crippen LogP contribution is -2.47. The van der Waals surface area contributed by atoms with Crippen molar-refractivity contribution in [1.82, 2.24) is 19.9 Å². The number of aromatic nitrogens is 3. The predicted molar refractivity (Wildman–Crippen MR) is 90.6 cm³/mol. The van der Waals surface area contributed by atoms with Crippen LogP contribution in [0.1, 0.15) is 12.6 Å². The molecule has 3 heterocycles. The number of nitrogens with zero attached hydrogens (tertiary/aromatic N) is 4. The number of nitrogens with one attached hydrogen (secondary N) is 1. The second-order valence-corrected chi connectivity index (χ2v) is 6.30. The number of halogens is 3. The zero-order valence-corrected chi connectivity index (χ0v) is 14.5. The summed E-state index contributed by atoms with van der Waals surface area (Å²) >= 11 is 0. The lowest BCUT2D eigenvalue weighted by atomic mass is 10.1. The number of anilines is 1. The van der Waals surface area contributed by atoms with E-state index < -0.39 is 11.9 Å². The molecule has 140 valence electrons. The fourth-order valence-corrected chi connectivity index (χ4v) is 2.74. The molecule has 1 fully saturated rings. The molecule has 0 bridgehead atoms. The molecule has 6 nitrogen and oxygen atoms in total. The SMILES string of the molecule is CC(Nc1cc(C(F)(F)F)nc(-c2ccncc2)n1)C1CN(C)CCO1. The van der Waals surface area contributed by atoms with Crippen LogP contribution in [0, 0.1) is 0 Å². The zero-order valence-electron chi connectivity index (χ0n) is 14.5. The van der Waals surface area contributed by atoms with Gasteiger partial charge >= 0.3 is 6.18 Å². The largest absolute Gasteiger partial charge is 0.433 e. The maximum atomic E-state index is 13.2.